The van der Waals surface area contributed by atoms with Crippen LogP contribution in [0.4, 0.5) is 4.79 Å². The molecule has 1 unspecified atom stereocenters. The summed E-state index contributed by atoms with van der Waals surface area (Å²) in [5.41, 5.74) is 0. The van der Waals surface area contributed by atoms with Crippen LogP contribution in [0.5, 0.6) is 0 Å². The molecule has 1 atom stereocenters. The predicted octanol–water partition coefficient (Wildman–Crippen LogP) is 0.215. The van der Waals surface area contributed by atoms with E-state index in [-0.39, 0.29) is 19.1 Å². The molecule has 120 valence electrons. The van der Waals surface area contributed by atoms with Crippen molar-refractivity contribution in [3.05, 3.63) is 0 Å². The second-order valence-corrected chi connectivity index (χ2v) is 4.74. The summed E-state index contributed by atoms with van der Waals surface area (Å²) < 4.78 is 9.84. The van der Waals surface area contributed by atoms with Crippen molar-refractivity contribution in [3.8, 4) is 0 Å². The third-order valence-corrected chi connectivity index (χ3v) is 3.21. The molecular formula is C13H22N2O6. The van der Waals surface area contributed by atoms with E-state index in [2.05, 4.69) is 10.1 Å². The van der Waals surface area contributed by atoms with Gasteiger partial charge in [0.1, 0.15) is 0 Å². The van der Waals surface area contributed by atoms with Gasteiger partial charge in [-0.15, -0.1) is 0 Å². The number of nitrogens with one attached hydrogen (secondary N) is 1. The minimum absolute atomic E-state index is 0.138. The first-order valence-corrected chi connectivity index (χ1v) is 6.98. The van der Waals surface area contributed by atoms with Crippen LogP contribution < -0.4 is 5.32 Å². The standard InChI is InChI=1S/C13H22N2O6/c1-20-12(18)10-9-21-8-7-15(10)13(19)14-6-4-2-3-5-11(16)17/h10H,2-9H2,1H3,(H,14,19)(H,16,17). The number of ether oxygens (including phenoxy) is 2. The zero-order valence-corrected chi connectivity index (χ0v) is 12.2. The highest BCUT2D eigenvalue weighted by Gasteiger charge is 2.33. The zero-order valence-electron chi connectivity index (χ0n) is 12.2. The van der Waals surface area contributed by atoms with Crippen molar-refractivity contribution in [2.45, 2.75) is 31.7 Å². The van der Waals surface area contributed by atoms with E-state index in [1.54, 1.807) is 0 Å². The first-order chi connectivity index (χ1) is 10.1. The smallest absolute Gasteiger partial charge is 0.331 e. The minimum atomic E-state index is -0.812. The number of amides is 2. The molecule has 1 heterocycles. The molecule has 2 N–H and O–H groups in total. The van der Waals surface area contributed by atoms with Crippen LogP contribution >= 0.6 is 0 Å². The Morgan fingerprint density at radius 2 is 2.10 bits per heavy atom. The molecule has 1 aliphatic rings. The van der Waals surface area contributed by atoms with Gasteiger partial charge >= 0.3 is 18.0 Å². The van der Waals surface area contributed by atoms with Crippen LogP contribution in [0.1, 0.15) is 25.7 Å². The van der Waals surface area contributed by atoms with Crippen molar-refractivity contribution in [1.82, 2.24) is 10.2 Å². The minimum Gasteiger partial charge on any atom is -0.481 e. The first-order valence-electron chi connectivity index (χ1n) is 6.98. The molecule has 2 amide bonds. The largest absolute Gasteiger partial charge is 0.481 e. The number of nitrogens with zero attached hydrogens (tertiary/aromatic N) is 1. The van der Waals surface area contributed by atoms with E-state index >= 15 is 0 Å². The molecule has 1 aliphatic heterocycles. The summed E-state index contributed by atoms with van der Waals surface area (Å²) in [6, 6.07) is -1.04. The lowest BCUT2D eigenvalue weighted by Gasteiger charge is -2.33. The highest BCUT2D eigenvalue weighted by atomic mass is 16.5. The van der Waals surface area contributed by atoms with E-state index in [1.165, 1.54) is 12.0 Å². The van der Waals surface area contributed by atoms with Gasteiger partial charge in [0, 0.05) is 19.5 Å². The third-order valence-electron chi connectivity index (χ3n) is 3.21. The average molecular weight is 302 g/mol. The third kappa shape index (κ3) is 5.99. The van der Waals surface area contributed by atoms with Crippen molar-refractivity contribution in [1.29, 1.82) is 0 Å². The van der Waals surface area contributed by atoms with Crippen LogP contribution in [0.2, 0.25) is 0 Å². The van der Waals surface area contributed by atoms with E-state index in [0.717, 1.165) is 6.42 Å². The van der Waals surface area contributed by atoms with Gasteiger partial charge in [-0.05, 0) is 12.8 Å². The van der Waals surface area contributed by atoms with E-state index in [9.17, 15) is 14.4 Å². The van der Waals surface area contributed by atoms with Crippen LogP contribution in [-0.4, -0.2) is 67.4 Å². The van der Waals surface area contributed by atoms with Crippen LogP contribution in [0.15, 0.2) is 0 Å². The number of morpholine rings is 1. The summed E-state index contributed by atoms with van der Waals surface area (Å²) in [5, 5.41) is 11.2. The van der Waals surface area contributed by atoms with Gasteiger partial charge in [-0.2, -0.15) is 0 Å². The average Bonchev–Trinajstić information content (AvgIpc) is 2.49. The number of methoxy groups -OCH3 is 1. The molecule has 21 heavy (non-hydrogen) atoms. The fourth-order valence-corrected chi connectivity index (χ4v) is 2.05. The van der Waals surface area contributed by atoms with Crippen molar-refractivity contribution in [2.75, 3.05) is 33.4 Å². The Hall–Kier alpha value is -1.83. The molecule has 0 saturated carbocycles. The van der Waals surface area contributed by atoms with E-state index in [0.29, 0.717) is 32.5 Å². The highest BCUT2D eigenvalue weighted by molar-refractivity contribution is 5.84. The number of aliphatic carboxylic acids is 1. The number of urea groups is 1. The fourth-order valence-electron chi connectivity index (χ4n) is 2.05. The van der Waals surface area contributed by atoms with Crippen LogP contribution in [-0.2, 0) is 19.1 Å². The molecule has 1 fully saturated rings. The van der Waals surface area contributed by atoms with Crippen molar-refractivity contribution < 1.29 is 29.0 Å². The molecule has 1 rings (SSSR count). The molecule has 0 aromatic carbocycles. The molecular weight excluding hydrogens is 280 g/mol. The van der Waals surface area contributed by atoms with Gasteiger partial charge < -0.3 is 24.8 Å². The molecule has 0 aromatic heterocycles. The molecule has 1 saturated heterocycles. The van der Waals surface area contributed by atoms with Crippen molar-refractivity contribution in [2.24, 2.45) is 0 Å². The zero-order chi connectivity index (χ0) is 15.7. The Balaban J connectivity index is 2.29. The summed E-state index contributed by atoms with van der Waals surface area (Å²) in [6.45, 7) is 1.31. The Morgan fingerprint density at radius 3 is 2.76 bits per heavy atom. The summed E-state index contributed by atoms with van der Waals surface area (Å²) in [5.74, 6) is -1.31. The monoisotopic (exact) mass is 302 g/mol. The van der Waals surface area contributed by atoms with E-state index < -0.39 is 18.0 Å². The SMILES string of the molecule is COC(=O)C1COCCN1C(=O)NCCCCCC(=O)O. The second kappa shape index (κ2) is 9.17. The highest BCUT2D eigenvalue weighted by Crippen LogP contribution is 2.09. The van der Waals surface area contributed by atoms with Crippen molar-refractivity contribution in [3.63, 3.8) is 0 Å². The number of unbranched alkanes of at least 4 members (excludes halogenated alkanes) is 2. The van der Waals surface area contributed by atoms with Crippen LogP contribution in [0, 0.1) is 0 Å². The van der Waals surface area contributed by atoms with Crippen LogP contribution in [0.25, 0.3) is 0 Å². The van der Waals surface area contributed by atoms with Gasteiger partial charge in [0.05, 0.1) is 20.3 Å². The maximum Gasteiger partial charge on any atom is 0.331 e. The lowest BCUT2D eigenvalue weighted by Crippen LogP contribution is -2.56. The number of hydrogen-bond donors (Lipinski definition) is 2. The molecule has 0 radical (unpaired) electrons. The first kappa shape index (κ1) is 17.2. The fraction of sp³-hybridized carbons (Fsp3) is 0.769. The normalized spacial score (nSPS) is 18.1. The summed E-state index contributed by atoms with van der Waals surface area (Å²) in [6.07, 6.45) is 2.16. The summed E-state index contributed by atoms with van der Waals surface area (Å²) in [7, 11) is 1.27. The van der Waals surface area contributed by atoms with Gasteiger partial charge in [0.2, 0.25) is 0 Å². The Kier molecular flexibility index (Phi) is 7.52. The molecule has 0 aromatic rings. The quantitative estimate of drug-likeness (QED) is 0.514. The molecule has 0 spiro atoms. The van der Waals surface area contributed by atoms with Gasteiger partial charge in [-0.25, -0.2) is 9.59 Å². The van der Waals surface area contributed by atoms with Crippen molar-refractivity contribution >= 4 is 18.0 Å². The number of carbonyl (C=O) groups is 3. The second-order valence-electron chi connectivity index (χ2n) is 4.74. The molecule has 8 heteroatoms. The van der Waals surface area contributed by atoms with Gasteiger partial charge in [0.15, 0.2) is 6.04 Å². The molecule has 0 bridgehead atoms. The summed E-state index contributed by atoms with van der Waals surface area (Å²) in [4.78, 5) is 35.4. The lowest BCUT2D eigenvalue weighted by molar-refractivity contribution is -0.151. The molecule has 0 aliphatic carbocycles. The van der Waals surface area contributed by atoms with E-state index in [1.807, 2.05) is 0 Å². The maximum atomic E-state index is 12.0. The van der Waals surface area contributed by atoms with Gasteiger partial charge in [-0.1, -0.05) is 6.42 Å². The Labute approximate surface area is 123 Å². The number of carboxylic acids is 1. The number of hydrogen-bond acceptors (Lipinski definition) is 5. The molecule has 8 nitrogen and oxygen atoms in total. The number of carboxylic acid groups (broad SMARTS) is 1. The predicted molar refractivity (Wildman–Crippen MR) is 72.8 cm³/mol. The number of carbonyl (C=O) groups excluding carboxylic acids is 2. The van der Waals surface area contributed by atoms with Gasteiger partial charge in [-0.3, -0.25) is 4.79 Å². The Morgan fingerprint density at radius 1 is 1.33 bits per heavy atom. The Bertz CT molecular complexity index is 374. The topological polar surface area (TPSA) is 105 Å². The maximum absolute atomic E-state index is 12.0. The van der Waals surface area contributed by atoms with E-state index in [4.69, 9.17) is 9.84 Å². The number of rotatable bonds is 7. The summed E-state index contributed by atoms with van der Waals surface area (Å²) >= 11 is 0. The van der Waals surface area contributed by atoms with Gasteiger partial charge in [0.25, 0.3) is 0 Å². The van der Waals surface area contributed by atoms with Crippen LogP contribution in [0.3, 0.4) is 0 Å². The lowest BCUT2D eigenvalue weighted by atomic mass is 10.2. The number of esters is 1.